The maximum atomic E-state index is 11.8. The smallest absolute Gasteiger partial charge is 0.228 e. The molecular formula is C17H19ClN6O. The third kappa shape index (κ3) is 3.82. The van der Waals surface area contributed by atoms with Crippen molar-refractivity contribution in [1.29, 1.82) is 0 Å². The van der Waals surface area contributed by atoms with Crippen LogP contribution in [0, 0.1) is 5.92 Å². The highest BCUT2D eigenvalue weighted by Crippen LogP contribution is 2.30. The van der Waals surface area contributed by atoms with E-state index < -0.39 is 0 Å². The second-order valence-electron chi connectivity index (χ2n) is 6.34. The fourth-order valence-corrected chi connectivity index (χ4v) is 2.95. The molecular weight excluding hydrogens is 340 g/mol. The lowest BCUT2D eigenvalue weighted by Crippen LogP contribution is -2.47. The summed E-state index contributed by atoms with van der Waals surface area (Å²) in [5.74, 6) is 1.59. The SMILES string of the molecule is O=C(Nc1ccc(N2CCN(c3ncc(Cl)cn3)CC2)cn1)C1CC1. The highest BCUT2D eigenvalue weighted by Gasteiger charge is 2.29. The van der Waals surface area contributed by atoms with Crippen molar-refractivity contribution in [3.63, 3.8) is 0 Å². The molecule has 1 aliphatic heterocycles. The fraction of sp³-hybridized carbons (Fsp3) is 0.412. The Morgan fingerprint density at radius 1 is 1.00 bits per heavy atom. The van der Waals surface area contributed by atoms with Gasteiger partial charge in [0, 0.05) is 32.1 Å². The van der Waals surface area contributed by atoms with Crippen molar-refractivity contribution < 1.29 is 4.79 Å². The van der Waals surface area contributed by atoms with Gasteiger partial charge in [-0.3, -0.25) is 4.79 Å². The minimum atomic E-state index is 0.0804. The monoisotopic (exact) mass is 358 g/mol. The van der Waals surface area contributed by atoms with E-state index in [4.69, 9.17) is 11.6 Å². The highest BCUT2D eigenvalue weighted by molar-refractivity contribution is 6.30. The third-order valence-electron chi connectivity index (χ3n) is 4.48. The molecule has 4 rings (SSSR count). The Morgan fingerprint density at radius 2 is 1.68 bits per heavy atom. The molecule has 0 radical (unpaired) electrons. The van der Waals surface area contributed by atoms with Crippen LogP contribution in [0.25, 0.3) is 0 Å². The number of carbonyl (C=O) groups is 1. The van der Waals surface area contributed by atoms with E-state index in [2.05, 4.69) is 30.1 Å². The van der Waals surface area contributed by atoms with Crippen LogP contribution in [0.4, 0.5) is 17.5 Å². The second-order valence-corrected chi connectivity index (χ2v) is 6.78. The lowest BCUT2D eigenvalue weighted by Gasteiger charge is -2.35. The van der Waals surface area contributed by atoms with E-state index in [0.717, 1.165) is 44.7 Å². The first-order valence-electron chi connectivity index (χ1n) is 8.43. The Balaban J connectivity index is 1.34. The Hall–Kier alpha value is -2.41. The van der Waals surface area contributed by atoms with Crippen molar-refractivity contribution in [1.82, 2.24) is 15.0 Å². The maximum Gasteiger partial charge on any atom is 0.228 e. The van der Waals surface area contributed by atoms with Gasteiger partial charge < -0.3 is 15.1 Å². The zero-order chi connectivity index (χ0) is 17.2. The summed E-state index contributed by atoms with van der Waals surface area (Å²) >= 11 is 5.83. The van der Waals surface area contributed by atoms with Gasteiger partial charge in [0.05, 0.1) is 29.3 Å². The van der Waals surface area contributed by atoms with Crippen LogP contribution in [0.5, 0.6) is 0 Å². The van der Waals surface area contributed by atoms with E-state index in [1.807, 2.05) is 18.3 Å². The van der Waals surface area contributed by atoms with Gasteiger partial charge in [0.25, 0.3) is 0 Å². The average molecular weight is 359 g/mol. The molecule has 130 valence electrons. The topological polar surface area (TPSA) is 74.2 Å². The van der Waals surface area contributed by atoms with Gasteiger partial charge in [-0.15, -0.1) is 0 Å². The van der Waals surface area contributed by atoms with Crippen LogP contribution in [0.15, 0.2) is 30.7 Å². The van der Waals surface area contributed by atoms with E-state index in [9.17, 15) is 4.79 Å². The molecule has 0 unspecified atom stereocenters. The molecule has 1 aliphatic carbocycles. The Morgan fingerprint density at radius 3 is 2.28 bits per heavy atom. The number of nitrogens with zero attached hydrogens (tertiary/aromatic N) is 5. The molecule has 2 aromatic heterocycles. The largest absolute Gasteiger partial charge is 0.367 e. The minimum Gasteiger partial charge on any atom is -0.367 e. The maximum absolute atomic E-state index is 11.8. The van der Waals surface area contributed by atoms with Crippen LogP contribution in [-0.2, 0) is 4.79 Å². The number of nitrogens with one attached hydrogen (secondary N) is 1. The molecule has 2 aliphatic rings. The van der Waals surface area contributed by atoms with Gasteiger partial charge in [0.2, 0.25) is 11.9 Å². The first-order chi connectivity index (χ1) is 12.2. The molecule has 7 nitrogen and oxygen atoms in total. The van der Waals surface area contributed by atoms with Crippen LogP contribution in [0.3, 0.4) is 0 Å². The summed E-state index contributed by atoms with van der Waals surface area (Å²) in [6, 6.07) is 3.87. The van der Waals surface area contributed by atoms with Crippen LogP contribution in [-0.4, -0.2) is 47.0 Å². The predicted molar refractivity (Wildman–Crippen MR) is 97.1 cm³/mol. The summed E-state index contributed by atoms with van der Waals surface area (Å²) in [6.07, 6.45) is 7.04. The number of hydrogen-bond acceptors (Lipinski definition) is 6. The van der Waals surface area contributed by atoms with Crippen LogP contribution in [0.1, 0.15) is 12.8 Å². The summed E-state index contributed by atoms with van der Waals surface area (Å²) in [5, 5.41) is 3.41. The molecule has 0 spiro atoms. The van der Waals surface area contributed by atoms with Crippen molar-refractivity contribution in [2.45, 2.75) is 12.8 Å². The van der Waals surface area contributed by atoms with Crippen molar-refractivity contribution in [2.75, 3.05) is 41.3 Å². The Labute approximate surface area is 151 Å². The van der Waals surface area contributed by atoms with E-state index in [1.54, 1.807) is 12.4 Å². The molecule has 3 heterocycles. The summed E-state index contributed by atoms with van der Waals surface area (Å²) < 4.78 is 0. The van der Waals surface area contributed by atoms with Gasteiger partial charge in [0.15, 0.2) is 0 Å². The average Bonchev–Trinajstić information content (AvgIpc) is 3.49. The van der Waals surface area contributed by atoms with Crippen molar-refractivity contribution >= 4 is 35.0 Å². The van der Waals surface area contributed by atoms with Gasteiger partial charge in [-0.1, -0.05) is 11.6 Å². The zero-order valence-electron chi connectivity index (χ0n) is 13.7. The Bertz CT molecular complexity index is 739. The highest BCUT2D eigenvalue weighted by atomic mass is 35.5. The first kappa shape index (κ1) is 16.1. The van der Waals surface area contributed by atoms with Crippen LogP contribution in [0.2, 0.25) is 5.02 Å². The summed E-state index contributed by atoms with van der Waals surface area (Å²) in [4.78, 5) is 29.1. The lowest BCUT2D eigenvalue weighted by atomic mass is 10.2. The number of aromatic nitrogens is 3. The number of rotatable bonds is 4. The molecule has 2 aromatic rings. The van der Waals surface area contributed by atoms with Crippen molar-refractivity contribution in [3.8, 4) is 0 Å². The number of amides is 1. The lowest BCUT2D eigenvalue weighted by molar-refractivity contribution is -0.117. The van der Waals surface area contributed by atoms with Gasteiger partial charge in [-0.25, -0.2) is 15.0 Å². The number of pyridine rings is 1. The number of halogens is 1. The third-order valence-corrected chi connectivity index (χ3v) is 4.68. The van der Waals surface area contributed by atoms with E-state index in [0.29, 0.717) is 16.8 Å². The van der Waals surface area contributed by atoms with Crippen LogP contribution < -0.4 is 15.1 Å². The zero-order valence-corrected chi connectivity index (χ0v) is 14.5. The van der Waals surface area contributed by atoms with E-state index in [1.165, 1.54) is 0 Å². The standard InChI is InChI=1S/C17H19ClN6O/c18-13-9-20-17(21-10-13)24-7-5-23(6-8-24)14-3-4-15(19-11-14)22-16(25)12-1-2-12/h3-4,9-12H,1-2,5-8H2,(H,19,22,25). The number of carbonyl (C=O) groups excluding carboxylic acids is 1. The molecule has 0 atom stereocenters. The van der Waals surface area contributed by atoms with Crippen molar-refractivity contribution in [3.05, 3.63) is 35.7 Å². The predicted octanol–water partition coefficient (Wildman–Crippen LogP) is 2.20. The molecule has 1 amide bonds. The van der Waals surface area contributed by atoms with Crippen molar-refractivity contribution in [2.24, 2.45) is 5.92 Å². The molecule has 1 saturated heterocycles. The molecule has 25 heavy (non-hydrogen) atoms. The molecule has 2 fully saturated rings. The van der Waals surface area contributed by atoms with E-state index in [-0.39, 0.29) is 11.8 Å². The number of piperazine rings is 1. The van der Waals surface area contributed by atoms with Gasteiger partial charge in [-0.05, 0) is 25.0 Å². The van der Waals surface area contributed by atoms with Gasteiger partial charge >= 0.3 is 0 Å². The summed E-state index contributed by atoms with van der Waals surface area (Å²) in [7, 11) is 0. The Kier molecular flexibility index (Phi) is 4.40. The molecule has 8 heteroatoms. The summed E-state index contributed by atoms with van der Waals surface area (Å²) in [5.41, 5.74) is 1.06. The molecule has 1 N–H and O–H groups in total. The van der Waals surface area contributed by atoms with Gasteiger partial charge in [0.1, 0.15) is 5.82 Å². The minimum absolute atomic E-state index is 0.0804. The second kappa shape index (κ2) is 6.84. The number of hydrogen-bond donors (Lipinski definition) is 1. The summed E-state index contributed by atoms with van der Waals surface area (Å²) in [6.45, 7) is 3.40. The normalized spacial score (nSPS) is 17.5. The fourth-order valence-electron chi connectivity index (χ4n) is 2.85. The molecule has 0 aromatic carbocycles. The van der Waals surface area contributed by atoms with Gasteiger partial charge in [-0.2, -0.15) is 0 Å². The van der Waals surface area contributed by atoms with Crippen LogP contribution >= 0.6 is 11.6 Å². The first-order valence-corrected chi connectivity index (χ1v) is 8.81. The molecule has 0 bridgehead atoms. The van der Waals surface area contributed by atoms with E-state index >= 15 is 0 Å². The molecule has 1 saturated carbocycles. The quantitative estimate of drug-likeness (QED) is 0.903. The number of anilines is 3.